The molecule has 0 radical (unpaired) electrons. The second kappa shape index (κ2) is 35.4. The number of fused-ring (bicyclic) bond motifs is 3. The van der Waals surface area contributed by atoms with E-state index in [0.29, 0.717) is 36.4 Å². The summed E-state index contributed by atoms with van der Waals surface area (Å²) in [4.78, 5) is 169. The Kier molecular flexibility index (Phi) is 28.6. The van der Waals surface area contributed by atoms with Gasteiger partial charge in [0.2, 0.25) is 40.7 Å². The molecule has 40 heteroatoms. The number of nitro groups is 3. The van der Waals surface area contributed by atoms with Gasteiger partial charge < -0.3 is 45.4 Å². The smallest absolute Gasteiger partial charge is 0.407 e. The average Bonchev–Trinajstić information content (AvgIpc) is 1.62. The summed E-state index contributed by atoms with van der Waals surface area (Å²) in [6.45, 7) is 11.0. The van der Waals surface area contributed by atoms with Crippen molar-refractivity contribution in [2.75, 3.05) is 69.4 Å². The van der Waals surface area contributed by atoms with Crippen LogP contribution in [0.25, 0.3) is 0 Å². The number of nitrogens with zero attached hydrogens (tertiary/aromatic N) is 5. The Hall–Kier alpha value is -10.6. The first kappa shape index (κ1) is 76.8. The number of thioether (sulfide) groups is 2. The predicted molar refractivity (Wildman–Crippen MR) is 315 cm³/mol. The molecule has 0 bridgehead atoms. The number of ether oxygens (including phenoxy) is 5. The van der Waals surface area contributed by atoms with Crippen LogP contribution in [0.5, 0.6) is 5.75 Å². The van der Waals surface area contributed by atoms with E-state index < -0.39 is 151 Å². The molecule has 0 spiro atoms. The van der Waals surface area contributed by atoms with Crippen molar-refractivity contribution in [1.29, 1.82) is 0 Å². The van der Waals surface area contributed by atoms with Crippen LogP contribution in [-0.4, -0.2) is 177 Å². The van der Waals surface area contributed by atoms with Crippen LogP contribution in [0.4, 0.5) is 53.0 Å². The maximum atomic E-state index is 13.5. The van der Waals surface area contributed by atoms with Crippen molar-refractivity contribution in [3.8, 4) is 5.75 Å². The molecule has 0 aliphatic carbocycles. The molecule has 4 heterocycles. The molecule has 512 valence electrons. The van der Waals surface area contributed by atoms with E-state index in [4.69, 9.17) is 16.6 Å². The Morgan fingerprint density at radius 2 is 0.947 bits per heavy atom. The summed E-state index contributed by atoms with van der Waals surface area (Å²) < 4.78 is 104. The summed E-state index contributed by atoms with van der Waals surface area (Å²) in [6.07, 6.45) is -1.07. The number of esters is 5. The SMILES string of the molecule is CC(C)(C)OC(=O)NCCN.CC(C)(C)OC(=O)NCCN1C(=O)c2ccc([N+](=O)[O-])cc2C1=O.O=C(CSCC(=O)Oc1c(F)c(F)c(F)c(F)c1F)NCCN1C(=O)c2ccc([N+](=O)[O-])cc2C1=O.O=C1CSCC(=O)O1.O=C1OC(=O)c2cc([N+](=O)[O-])ccc21.[2H]CF. The Morgan fingerprint density at radius 3 is 1.34 bits per heavy atom. The normalized spacial score (nSPS) is 13.4. The molecule has 32 nitrogen and oxygen atoms in total. The lowest BCUT2D eigenvalue weighted by molar-refractivity contribution is -0.385. The largest absolute Gasteiger partial charge is 0.444 e. The van der Waals surface area contributed by atoms with Gasteiger partial charge in [-0.15, -0.1) is 23.5 Å². The Labute approximate surface area is 541 Å². The maximum Gasteiger partial charge on any atom is 0.407 e. The van der Waals surface area contributed by atoms with Gasteiger partial charge in [-0.3, -0.25) is 82.9 Å². The average molecular weight is 1390 g/mol. The lowest BCUT2D eigenvalue weighted by Gasteiger charge is -2.20. The minimum Gasteiger partial charge on any atom is -0.444 e. The zero-order chi connectivity index (χ0) is 72.7. The van der Waals surface area contributed by atoms with Crippen molar-refractivity contribution in [1.82, 2.24) is 25.8 Å². The van der Waals surface area contributed by atoms with Crippen LogP contribution in [0.3, 0.4) is 0 Å². The van der Waals surface area contributed by atoms with Gasteiger partial charge in [0.05, 0.1) is 79.7 Å². The number of alkyl halides is 1. The van der Waals surface area contributed by atoms with Gasteiger partial charge in [-0.05, 0) is 59.7 Å². The molecule has 0 saturated carbocycles. The van der Waals surface area contributed by atoms with E-state index in [-0.39, 0.29) is 76.6 Å². The van der Waals surface area contributed by atoms with E-state index in [1.165, 1.54) is 30.0 Å². The fraction of sp³-hybridized carbons (Fsp3) is 0.345. The van der Waals surface area contributed by atoms with Crippen molar-refractivity contribution < 1.29 is 124 Å². The minimum absolute atomic E-state index is 0.00790. The molecule has 0 unspecified atom stereocenters. The monoisotopic (exact) mass is 1390 g/mol. The van der Waals surface area contributed by atoms with Gasteiger partial charge >= 0.3 is 42.0 Å². The Morgan fingerprint density at radius 1 is 0.579 bits per heavy atom. The third-order valence-electron chi connectivity index (χ3n) is 11.1. The highest BCUT2D eigenvalue weighted by molar-refractivity contribution is 8.00. The van der Waals surface area contributed by atoms with E-state index in [0.717, 1.165) is 46.2 Å². The number of benzene rings is 4. The minimum atomic E-state index is -2.42. The van der Waals surface area contributed by atoms with E-state index in [1.54, 1.807) is 20.8 Å². The van der Waals surface area contributed by atoms with Gasteiger partial charge in [-0.2, -0.15) is 8.78 Å². The first-order chi connectivity index (χ1) is 44.8. The molecule has 95 heavy (non-hydrogen) atoms. The van der Waals surface area contributed by atoms with Crippen molar-refractivity contribution in [2.24, 2.45) is 5.73 Å². The van der Waals surface area contributed by atoms with E-state index in [9.17, 15) is 114 Å². The molecule has 4 aromatic carbocycles. The number of imide groups is 2. The van der Waals surface area contributed by atoms with Gasteiger partial charge in [-0.25, -0.2) is 32.3 Å². The Balaban J connectivity index is 0.000000341. The number of amides is 7. The van der Waals surface area contributed by atoms with Crippen LogP contribution in [0.2, 0.25) is 0 Å². The van der Waals surface area contributed by atoms with Crippen molar-refractivity contribution >= 4 is 112 Å². The summed E-state index contributed by atoms with van der Waals surface area (Å²) >= 11 is 1.87. The number of alkyl carbamates (subject to hydrolysis) is 2. The van der Waals surface area contributed by atoms with Gasteiger partial charge in [-0.1, -0.05) is 0 Å². The number of nitrogens with two attached hydrogens (primary N) is 1. The highest BCUT2D eigenvalue weighted by Crippen LogP contribution is 2.31. The van der Waals surface area contributed by atoms with E-state index >= 15 is 0 Å². The summed E-state index contributed by atoms with van der Waals surface area (Å²) in [6, 6.07) is 10.1. The van der Waals surface area contributed by atoms with Gasteiger partial charge in [0.25, 0.3) is 40.7 Å². The molecular weight excluding hydrogens is 1330 g/mol. The zero-order valence-corrected chi connectivity index (χ0v) is 51.9. The molecular formula is C55H55F6N9O23S2. The topological polar surface area (TPSA) is 449 Å². The van der Waals surface area contributed by atoms with Gasteiger partial charge in [0, 0.05) is 75.7 Å². The zero-order valence-electron chi connectivity index (χ0n) is 51.3. The number of nitro benzene ring substituents is 3. The number of non-ortho nitro benzene ring substituents is 3. The molecule has 4 aliphatic heterocycles. The molecule has 1 fully saturated rings. The third-order valence-corrected chi connectivity index (χ3v) is 12.9. The van der Waals surface area contributed by atoms with Crippen LogP contribution in [0.1, 0.15) is 105 Å². The van der Waals surface area contributed by atoms with Crippen molar-refractivity contribution in [3.05, 3.63) is 147 Å². The molecule has 1 saturated heterocycles. The number of carbonyl (C=O) groups is 12. The van der Waals surface area contributed by atoms with E-state index in [2.05, 4.69) is 30.2 Å². The number of hydrogen-bond donors (Lipinski definition) is 4. The lowest BCUT2D eigenvalue weighted by atomic mass is 10.1. The molecule has 4 aromatic rings. The lowest BCUT2D eigenvalue weighted by Crippen LogP contribution is -2.40. The fourth-order valence-corrected chi connectivity index (χ4v) is 8.42. The maximum absolute atomic E-state index is 13.5. The van der Waals surface area contributed by atoms with Crippen LogP contribution in [-0.2, 0) is 38.1 Å². The highest BCUT2D eigenvalue weighted by Gasteiger charge is 2.39. The molecule has 4 aliphatic rings. The highest BCUT2D eigenvalue weighted by atomic mass is 32.2. The summed E-state index contributed by atoms with van der Waals surface area (Å²) in [5, 5.41) is 39.3. The van der Waals surface area contributed by atoms with Crippen molar-refractivity contribution in [2.45, 2.75) is 52.7 Å². The number of nitrogens with one attached hydrogen (secondary N) is 3. The first-order valence-corrected chi connectivity index (χ1v) is 28.8. The molecule has 5 N–H and O–H groups in total. The van der Waals surface area contributed by atoms with Crippen LogP contribution in [0.15, 0.2) is 54.6 Å². The fourth-order valence-electron chi connectivity index (χ4n) is 7.26. The van der Waals surface area contributed by atoms with E-state index in [1.807, 2.05) is 20.8 Å². The number of rotatable bonds is 16. The third kappa shape index (κ3) is 23.2. The first-order valence-electron chi connectivity index (χ1n) is 27.2. The van der Waals surface area contributed by atoms with Gasteiger partial charge in [0.15, 0.2) is 0 Å². The molecule has 0 atom stereocenters. The van der Waals surface area contributed by atoms with Crippen molar-refractivity contribution in [3.63, 3.8) is 0 Å². The Bertz CT molecular complexity index is 3700. The van der Waals surface area contributed by atoms with Crippen LogP contribution in [0, 0.1) is 59.4 Å². The van der Waals surface area contributed by atoms with Crippen LogP contribution < -0.4 is 26.4 Å². The summed E-state index contributed by atoms with van der Waals surface area (Å²) in [5.41, 5.74) is 3.16. The summed E-state index contributed by atoms with van der Waals surface area (Å²) in [5.74, 6) is -21.1. The second-order valence-corrected chi connectivity index (χ2v) is 22.3. The number of cyclic esters (lactones) is 4. The number of halogens is 6. The summed E-state index contributed by atoms with van der Waals surface area (Å²) in [7, 11) is -1.00. The number of carbonyl (C=O) groups excluding carboxylic acids is 12. The van der Waals surface area contributed by atoms with Gasteiger partial charge in [0.1, 0.15) is 11.2 Å². The predicted octanol–water partition coefficient (Wildman–Crippen LogP) is 5.82. The molecule has 0 aromatic heterocycles. The molecule has 8 rings (SSSR count). The standard InChI is InChI=1S/C20H12F5N3O7S.C15H17N3O6.C8H3NO5.C7H16N2O2.C4H4O3S.CH3F/c21-13-14(22)16(24)18(17(25)15(13)23)35-12(30)7-36-6-11(29)26-3-4-27-19(31)9-2-1-8(28(33)34)5-10(9)20(27)32;1-15(2,3)24-14(21)16-6-7-17-12(19)10-5-4-9(18(22)23)8-11(10)13(17)20;10-7-5-2-1-4(9(12)13)3-6(5)8(11)14-7;1-7(2,3)11-6(10)9-5-4-8;5-3-1-8-2-4(6)7-3;1-2/h1-2,5H,3-4,6-7H2,(H,26,29);4-5,8H,6-7H2,1-3H3,(H,16,21);1-3H;4-5,8H2,1-3H3,(H,9,10);1-2H2;1H3/i;;;;;1D. The van der Waals surface area contributed by atoms with Crippen LogP contribution >= 0.6 is 23.5 Å². The molecule has 7 amide bonds. The second-order valence-electron chi connectivity index (χ2n) is 20.4. The number of hydrogen-bond acceptors (Lipinski definition) is 26. The quantitative estimate of drug-likeness (QED) is 0.00980.